The lowest BCUT2D eigenvalue weighted by molar-refractivity contribution is -0.648. The van der Waals surface area contributed by atoms with Gasteiger partial charge in [-0.3, -0.25) is 10.6 Å². The summed E-state index contributed by atoms with van der Waals surface area (Å²) in [4.78, 5) is 2.55. The number of benzene rings is 2. The summed E-state index contributed by atoms with van der Waals surface area (Å²) in [6.45, 7) is 7.16. The Morgan fingerprint density at radius 1 is 0.686 bits per heavy atom. The third-order valence-corrected chi connectivity index (χ3v) is 7.41. The van der Waals surface area contributed by atoms with E-state index in [0.29, 0.717) is 0 Å². The van der Waals surface area contributed by atoms with Gasteiger partial charge in [-0.05, 0) is 37.1 Å². The first-order valence-electron chi connectivity index (χ1n) is 13.9. The highest BCUT2D eigenvalue weighted by Gasteiger charge is 2.20. The first kappa shape index (κ1) is 25.7. The maximum Gasteiger partial charge on any atom is 0.356 e. The van der Waals surface area contributed by atoms with E-state index in [2.05, 4.69) is 68.6 Å². The Labute approximate surface area is 211 Å². The number of nitrogens with zero attached hydrogens (tertiary/aromatic N) is 3. The van der Waals surface area contributed by atoms with E-state index in [1.165, 1.54) is 87.3 Å². The number of rotatable bonds is 15. The van der Waals surface area contributed by atoms with Gasteiger partial charge < -0.3 is 4.74 Å². The molecule has 0 saturated carbocycles. The molecular weight excluding hydrogens is 432 g/mol. The maximum absolute atomic E-state index is 6.65. The van der Waals surface area contributed by atoms with E-state index in [1.807, 2.05) is 0 Å². The van der Waals surface area contributed by atoms with Crippen LogP contribution in [0.1, 0.15) is 69.8 Å². The van der Waals surface area contributed by atoms with Crippen molar-refractivity contribution < 1.29 is 9.30 Å². The normalized spacial score (nSPS) is 14.6. The Kier molecular flexibility index (Phi) is 10.5. The number of hydrogen-bond acceptors (Lipinski definition) is 3. The molecule has 5 heteroatoms. The second kappa shape index (κ2) is 14.3. The minimum Gasteiger partial charge on any atom is -0.379 e. The summed E-state index contributed by atoms with van der Waals surface area (Å²) in [7, 11) is 0. The van der Waals surface area contributed by atoms with Gasteiger partial charge in [0.1, 0.15) is 11.0 Å². The number of nitrogen functional groups attached to an aromatic ring is 1. The molecule has 0 aliphatic carbocycles. The van der Waals surface area contributed by atoms with Gasteiger partial charge in [-0.15, -0.1) is 0 Å². The molecule has 1 aromatic heterocycles. The quantitative estimate of drug-likeness (QED) is 0.223. The fourth-order valence-corrected chi connectivity index (χ4v) is 5.32. The number of anilines is 1. The minimum absolute atomic E-state index is 0.813. The maximum atomic E-state index is 6.65. The van der Waals surface area contributed by atoms with Crippen molar-refractivity contribution in [3.8, 4) is 0 Å². The molecule has 0 atom stereocenters. The SMILES string of the molecule is Nc1n(CCCCCCCCCCCCN2CCOCC2)c2ccccc2[n+]1Cc1ccccc1. The molecular formula is C30H45N4O+. The molecule has 0 unspecified atom stereocenters. The van der Waals surface area contributed by atoms with Crippen LogP contribution in [0.4, 0.5) is 5.95 Å². The molecule has 5 nitrogen and oxygen atoms in total. The first-order valence-corrected chi connectivity index (χ1v) is 13.9. The number of unbranched alkanes of at least 4 members (excludes halogenated alkanes) is 9. The Bertz CT molecular complexity index is 994. The fourth-order valence-electron chi connectivity index (χ4n) is 5.32. The summed E-state index contributed by atoms with van der Waals surface area (Å²) in [5, 5.41) is 0. The molecule has 2 heterocycles. The Balaban J connectivity index is 1.10. The predicted octanol–water partition coefficient (Wildman–Crippen LogP) is 5.79. The van der Waals surface area contributed by atoms with E-state index >= 15 is 0 Å². The number of aromatic nitrogens is 2. The highest BCUT2D eigenvalue weighted by atomic mass is 16.5. The highest BCUT2D eigenvalue weighted by molar-refractivity contribution is 5.73. The molecule has 0 bridgehead atoms. The number of para-hydroxylation sites is 2. The average Bonchev–Trinajstić information content (AvgIpc) is 3.16. The Hall–Kier alpha value is -2.37. The molecule has 0 radical (unpaired) electrons. The van der Waals surface area contributed by atoms with Gasteiger partial charge in [0.2, 0.25) is 0 Å². The lowest BCUT2D eigenvalue weighted by Gasteiger charge is -2.26. The zero-order valence-corrected chi connectivity index (χ0v) is 21.5. The summed E-state index contributed by atoms with van der Waals surface area (Å²) < 4.78 is 9.99. The average molecular weight is 478 g/mol. The largest absolute Gasteiger partial charge is 0.379 e. The number of fused-ring (bicyclic) bond motifs is 1. The van der Waals surface area contributed by atoms with Gasteiger partial charge in [-0.2, -0.15) is 0 Å². The summed E-state index contributed by atoms with van der Waals surface area (Å²) >= 11 is 0. The zero-order valence-electron chi connectivity index (χ0n) is 21.5. The molecule has 35 heavy (non-hydrogen) atoms. The summed E-state index contributed by atoms with van der Waals surface area (Å²) in [6.07, 6.45) is 13.5. The van der Waals surface area contributed by atoms with Crippen molar-refractivity contribution in [1.82, 2.24) is 9.47 Å². The number of aryl methyl sites for hydroxylation is 1. The molecule has 3 aromatic rings. The van der Waals surface area contributed by atoms with Gasteiger partial charge in [-0.1, -0.05) is 93.8 Å². The van der Waals surface area contributed by atoms with E-state index in [1.54, 1.807) is 0 Å². The van der Waals surface area contributed by atoms with Gasteiger partial charge in [0.25, 0.3) is 0 Å². The lowest BCUT2D eigenvalue weighted by Crippen LogP contribution is -2.37. The zero-order chi connectivity index (χ0) is 24.1. The van der Waals surface area contributed by atoms with Gasteiger partial charge in [0, 0.05) is 13.1 Å². The van der Waals surface area contributed by atoms with Crippen LogP contribution in [-0.4, -0.2) is 42.3 Å². The molecule has 2 N–H and O–H groups in total. The smallest absolute Gasteiger partial charge is 0.356 e. The molecule has 2 aromatic carbocycles. The van der Waals surface area contributed by atoms with Crippen LogP contribution in [0, 0.1) is 0 Å². The number of morpholine rings is 1. The van der Waals surface area contributed by atoms with E-state index in [0.717, 1.165) is 45.3 Å². The van der Waals surface area contributed by atoms with Gasteiger partial charge >= 0.3 is 5.95 Å². The van der Waals surface area contributed by atoms with Crippen molar-refractivity contribution in [2.24, 2.45) is 0 Å². The predicted molar refractivity (Wildman–Crippen MR) is 146 cm³/mol. The Morgan fingerprint density at radius 2 is 1.26 bits per heavy atom. The molecule has 4 rings (SSSR count). The van der Waals surface area contributed by atoms with Crippen LogP contribution in [0.25, 0.3) is 11.0 Å². The number of ether oxygens (including phenoxy) is 1. The summed E-state index contributed by atoms with van der Waals surface area (Å²) in [5.41, 5.74) is 10.4. The summed E-state index contributed by atoms with van der Waals surface area (Å²) in [6, 6.07) is 19.2. The topological polar surface area (TPSA) is 47.3 Å². The van der Waals surface area contributed by atoms with Crippen LogP contribution >= 0.6 is 0 Å². The molecule has 1 fully saturated rings. The van der Waals surface area contributed by atoms with E-state index < -0.39 is 0 Å². The third kappa shape index (κ3) is 7.81. The molecule has 0 amide bonds. The van der Waals surface area contributed by atoms with Gasteiger partial charge in [0.15, 0.2) is 0 Å². The molecule has 1 aliphatic heterocycles. The Morgan fingerprint density at radius 3 is 1.94 bits per heavy atom. The van der Waals surface area contributed by atoms with Crippen molar-refractivity contribution in [1.29, 1.82) is 0 Å². The van der Waals surface area contributed by atoms with E-state index in [9.17, 15) is 0 Å². The standard InChI is InChI=1S/C30H44N4O/c31-30-33(28-18-12-13-19-29(28)34(30)26-27-16-10-9-11-17-27)21-15-8-6-4-2-1-3-5-7-14-20-32-22-24-35-25-23-32/h9-13,16-19,31H,1-8,14-15,20-26H2/p+1. The van der Waals surface area contributed by atoms with Crippen molar-refractivity contribution in [3.05, 3.63) is 60.2 Å². The van der Waals surface area contributed by atoms with Crippen LogP contribution < -0.4 is 10.3 Å². The van der Waals surface area contributed by atoms with E-state index in [4.69, 9.17) is 10.5 Å². The number of nitrogens with two attached hydrogens (primary N) is 1. The molecule has 0 spiro atoms. The summed E-state index contributed by atoms with van der Waals surface area (Å²) in [5.74, 6) is 0.865. The van der Waals surface area contributed by atoms with Crippen LogP contribution in [0.3, 0.4) is 0 Å². The van der Waals surface area contributed by atoms with Crippen molar-refractivity contribution in [2.75, 3.05) is 38.6 Å². The fraction of sp³-hybridized carbons (Fsp3) is 0.567. The van der Waals surface area contributed by atoms with Crippen LogP contribution in [0.15, 0.2) is 54.6 Å². The lowest BCUT2D eigenvalue weighted by atomic mass is 10.1. The third-order valence-electron chi connectivity index (χ3n) is 7.41. The van der Waals surface area contributed by atoms with Crippen LogP contribution in [-0.2, 0) is 17.8 Å². The highest BCUT2D eigenvalue weighted by Crippen LogP contribution is 2.19. The van der Waals surface area contributed by atoms with E-state index in [-0.39, 0.29) is 0 Å². The van der Waals surface area contributed by atoms with Crippen molar-refractivity contribution >= 4 is 17.0 Å². The van der Waals surface area contributed by atoms with Crippen LogP contribution in [0.5, 0.6) is 0 Å². The van der Waals surface area contributed by atoms with Gasteiger partial charge in [0.05, 0.1) is 26.3 Å². The second-order valence-corrected chi connectivity index (χ2v) is 10.1. The first-order chi connectivity index (χ1) is 17.3. The van der Waals surface area contributed by atoms with Crippen molar-refractivity contribution in [2.45, 2.75) is 77.3 Å². The monoisotopic (exact) mass is 477 g/mol. The molecule has 1 saturated heterocycles. The number of hydrogen-bond donors (Lipinski definition) is 1. The van der Waals surface area contributed by atoms with Crippen LogP contribution in [0.2, 0.25) is 0 Å². The minimum atomic E-state index is 0.813. The number of imidazole rings is 1. The van der Waals surface area contributed by atoms with Gasteiger partial charge in [-0.25, -0.2) is 9.13 Å². The second-order valence-electron chi connectivity index (χ2n) is 10.1. The van der Waals surface area contributed by atoms with Crippen molar-refractivity contribution in [3.63, 3.8) is 0 Å². The molecule has 190 valence electrons. The molecule has 1 aliphatic rings.